The van der Waals surface area contributed by atoms with Gasteiger partial charge in [-0.2, -0.15) is 0 Å². The first-order valence-electron chi connectivity index (χ1n) is 5.61. The molecule has 0 spiro atoms. The highest BCUT2D eigenvalue weighted by Crippen LogP contribution is 2.23. The third kappa shape index (κ3) is 5.42. The lowest BCUT2D eigenvalue weighted by Gasteiger charge is -2.23. The molecule has 1 aliphatic heterocycles. The van der Waals surface area contributed by atoms with Crippen LogP contribution in [0, 0.1) is 0 Å². The van der Waals surface area contributed by atoms with Crippen molar-refractivity contribution in [2.45, 2.75) is 51.1 Å². The molecule has 1 atom stereocenters. The number of hydrogen-bond acceptors (Lipinski definition) is 2. The Morgan fingerprint density at radius 1 is 1.33 bits per heavy atom. The molecule has 0 aromatic heterocycles. The molecule has 0 unspecified atom stereocenters. The van der Waals surface area contributed by atoms with E-state index in [4.69, 9.17) is 0 Å². The molecule has 0 aliphatic carbocycles. The Balaban J connectivity index is 2.32. The van der Waals surface area contributed by atoms with Crippen molar-refractivity contribution in [3.05, 3.63) is 0 Å². The molecule has 1 fully saturated rings. The predicted molar refractivity (Wildman–Crippen MR) is 56.2 cm³/mol. The zero-order chi connectivity index (χ0) is 11.5. The van der Waals surface area contributed by atoms with Crippen LogP contribution >= 0.6 is 0 Å². The van der Waals surface area contributed by atoms with Gasteiger partial charge in [0.05, 0.1) is 5.60 Å². The summed E-state index contributed by atoms with van der Waals surface area (Å²) in [6.45, 7) is 4.76. The predicted octanol–water partition coefficient (Wildman–Crippen LogP) is 2.27. The van der Waals surface area contributed by atoms with Gasteiger partial charge in [-0.3, -0.25) is 0 Å². The normalized spacial score (nSPS) is 30.2. The average Bonchev–Trinajstić information content (AvgIpc) is 2.22. The van der Waals surface area contributed by atoms with Crippen LogP contribution in [0.4, 0.5) is 8.78 Å². The van der Waals surface area contributed by atoms with Crippen molar-refractivity contribution in [2.24, 2.45) is 0 Å². The van der Waals surface area contributed by atoms with Gasteiger partial charge in [0.1, 0.15) is 0 Å². The van der Waals surface area contributed by atoms with Crippen LogP contribution in [0.2, 0.25) is 0 Å². The summed E-state index contributed by atoms with van der Waals surface area (Å²) in [5, 5.41) is 9.83. The van der Waals surface area contributed by atoms with Crippen LogP contribution in [-0.4, -0.2) is 41.2 Å². The molecule has 0 aromatic carbocycles. The van der Waals surface area contributed by atoms with E-state index in [1.807, 2.05) is 11.8 Å². The van der Waals surface area contributed by atoms with E-state index in [0.717, 1.165) is 32.9 Å². The first-order valence-corrected chi connectivity index (χ1v) is 5.61. The van der Waals surface area contributed by atoms with Crippen LogP contribution in [0.15, 0.2) is 0 Å². The second-order valence-corrected chi connectivity index (χ2v) is 5.01. The van der Waals surface area contributed by atoms with Gasteiger partial charge in [0.15, 0.2) is 0 Å². The van der Waals surface area contributed by atoms with Crippen LogP contribution in [0.1, 0.15) is 39.5 Å². The minimum Gasteiger partial charge on any atom is -0.390 e. The third-order valence-electron chi connectivity index (χ3n) is 3.02. The summed E-state index contributed by atoms with van der Waals surface area (Å²) in [7, 11) is 0. The van der Waals surface area contributed by atoms with Crippen molar-refractivity contribution < 1.29 is 13.9 Å². The van der Waals surface area contributed by atoms with Gasteiger partial charge >= 0.3 is 0 Å². The maximum Gasteiger partial charge on any atom is 0.246 e. The van der Waals surface area contributed by atoms with E-state index in [0.29, 0.717) is 13.0 Å². The zero-order valence-electron chi connectivity index (χ0n) is 9.60. The number of halogens is 2. The molecule has 0 bridgehead atoms. The molecule has 15 heavy (non-hydrogen) atoms. The van der Waals surface area contributed by atoms with E-state index in [1.165, 1.54) is 0 Å². The molecular weight excluding hydrogens is 200 g/mol. The van der Waals surface area contributed by atoms with Crippen LogP contribution in [0.3, 0.4) is 0 Å². The Kier molecular flexibility index (Phi) is 4.06. The Labute approximate surface area is 90.3 Å². The van der Waals surface area contributed by atoms with Crippen molar-refractivity contribution >= 4 is 0 Å². The second kappa shape index (κ2) is 4.74. The summed E-state index contributed by atoms with van der Waals surface area (Å²) < 4.78 is 25.3. The summed E-state index contributed by atoms with van der Waals surface area (Å²) in [5.41, 5.74) is -0.608. The Morgan fingerprint density at radius 3 is 2.60 bits per heavy atom. The molecule has 0 radical (unpaired) electrons. The van der Waals surface area contributed by atoms with Gasteiger partial charge in [0.2, 0.25) is 5.92 Å². The summed E-state index contributed by atoms with van der Waals surface area (Å²) >= 11 is 0. The first kappa shape index (κ1) is 12.8. The Hall–Kier alpha value is -0.220. The zero-order valence-corrected chi connectivity index (χ0v) is 9.60. The average molecular weight is 221 g/mol. The fourth-order valence-electron chi connectivity index (χ4n) is 1.90. The molecule has 2 nitrogen and oxygen atoms in total. The molecular formula is C11H21F2NO. The van der Waals surface area contributed by atoms with E-state index >= 15 is 0 Å². The van der Waals surface area contributed by atoms with E-state index in [2.05, 4.69) is 0 Å². The smallest absolute Gasteiger partial charge is 0.246 e. The molecule has 1 saturated heterocycles. The van der Waals surface area contributed by atoms with Crippen molar-refractivity contribution in [1.82, 2.24) is 4.90 Å². The fraction of sp³-hybridized carbons (Fsp3) is 1.00. The molecule has 90 valence electrons. The fourth-order valence-corrected chi connectivity index (χ4v) is 1.90. The number of hydrogen-bond donors (Lipinski definition) is 1. The molecule has 1 N–H and O–H groups in total. The van der Waals surface area contributed by atoms with Crippen LogP contribution < -0.4 is 0 Å². The minimum atomic E-state index is -2.57. The van der Waals surface area contributed by atoms with Gasteiger partial charge in [-0.05, 0) is 39.7 Å². The quantitative estimate of drug-likeness (QED) is 0.790. The van der Waals surface area contributed by atoms with E-state index in [-0.39, 0.29) is 6.42 Å². The maximum atomic E-state index is 12.7. The van der Waals surface area contributed by atoms with Crippen molar-refractivity contribution in [1.29, 1.82) is 0 Å². The third-order valence-corrected chi connectivity index (χ3v) is 3.02. The highest BCUT2D eigenvalue weighted by atomic mass is 19.3. The van der Waals surface area contributed by atoms with Gasteiger partial charge < -0.3 is 10.0 Å². The van der Waals surface area contributed by atoms with E-state index in [9.17, 15) is 13.9 Å². The molecule has 4 heteroatoms. The molecule has 0 saturated carbocycles. The topological polar surface area (TPSA) is 23.5 Å². The number of aliphatic hydroxyl groups is 1. The highest BCUT2D eigenvalue weighted by Gasteiger charge is 2.27. The summed E-state index contributed by atoms with van der Waals surface area (Å²) in [4.78, 5) is 2.03. The largest absolute Gasteiger partial charge is 0.390 e. The van der Waals surface area contributed by atoms with Crippen LogP contribution in [0.25, 0.3) is 0 Å². The van der Waals surface area contributed by atoms with Gasteiger partial charge in [0.25, 0.3) is 0 Å². The number of likely N-dealkylation sites (tertiary alicyclic amines) is 1. The highest BCUT2D eigenvalue weighted by molar-refractivity contribution is 4.79. The SMILES string of the molecule is CC(F)(F)CCN1CCC[C@@](C)(O)CC1. The van der Waals surface area contributed by atoms with Crippen molar-refractivity contribution in [2.75, 3.05) is 19.6 Å². The second-order valence-electron chi connectivity index (χ2n) is 5.01. The molecule has 0 aromatic rings. The van der Waals surface area contributed by atoms with Crippen molar-refractivity contribution in [3.8, 4) is 0 Å². The van der Waals surface area contributed by atoms with E-state index < -0.39 is 11.5 Å². The number of rotatable bonds is 3. The number of alkyl halides is 2. The monoisotopic (exact) mass is 221 g/mol. The minimum absolute atomic E-state index is 0.0882. The first-order chi connectivity index (χ1) is 6.79. The Bertz CT molecular complexity index is 201. The lowest BCUT2D eigenvalue weighted by molar-refractivity contribution is 0.00233. The molecule has 0 amide bonds. The van der Waals surface area contributed by atoms with Gasteiger partial charge in [-0.15, -0.1) is 0 Å². The number of nitrogens with zero attached hydrogens (tertiary/aromatic N) is 1. The van der Waals surface area contributed by atoms with Crippen LogP contribution in [0.5, 0.6) is 0 Å². The molecule has 1 heterocycles. The van der Waals surface area contributed by atoms with E-state index in [1.54, 1.807) is 0 Å². The van der Waals surface area contributed by atoms with Gasteiger partial charge in [-0.1, -0.05) is 0 Å². The molecule has 1 rings (SSSR count). The standard InChI is InChI=1S/C11H21F2NO/c1-10(15)4-3-7-14(8-5-10)9-6-11(2,12)13/h15H,3-9H2,1-2H3/t10-/m1/s1. The molecule has 1 aliphatic rings. The summed E-state index contributed by atoms with van der Waals surface area (Å²) in [6, 6.07) is 0. The lowest BCUT2D eigenvalue weighted by atomic mass is 9.98. The Morgan fingerprint density at radius 2 is 2.00 bits per heavy atom. The summed E-state index contributed by atoms with van der Waals surface area (Å²) in [6.07, 6.45) is 2.26. The lowest BCUT2D eigenvalue weighted by Crippen LogP contribution is -2.31. The van der Waals surface area contributed by atoms with Gasteiger partial charge in [0, 0.05) is 19.5 Å². The maximum absolute atomic E-state index is 12.7. The van der Waals surface area contributed by atoms with Crippen molar-refractivity contribution in [3.63, 3.8) is 0 Å². The van der Waals surface area contributed by atoms with Crippen LogP contribution in [-0.2, 0) is 0 Å². The summed E-state index contributed by atoms with van der Waals surface area (Å²) in [5.74, 6) is -2.57. The van der Waals surface area contributed by atoms with Gasteiger partial charge in [-0.25, -0.2) is 8.78 Å².